The van der Waals surface area contributed by atoms with Crippen LogP contribution in [0.15, 0.2) is 24.3 Å². The highest BCUT2D eigenvalue weighted by atomic mass is 19.1. The number of likely N-dealkylation sites (tertiary alicyclic amines) is 1. The highest BCUT2D eigenvalue weighted by molar-refractivity contribution is 5.94. The van der Waals surface area contributed by atoms with Gasteiger partial charge in [0.2, 0.25) is 0 Å². The zero-order chi connectivity index (χ0) is 14.0. The number of carbonyl (C=O) groups excluding carboxylic acids is 1. The molecule has 102 valence electrons. The Morgan fingerprint density at radius 1 is 1.42 bits per heavy atom. The van der Waals surface area contributed by atoms with Crippen molar-refractivity contribution < 1.29 is 19.1 Å². The zero-order valence-electron chi connectivity index (χ0n) is 10.5. The van der Waals surface area contributed by atoms with Crippen molar-refractivity contribution >= 4 is 17.7 Å². The number of urea groups is 1. The van der Waals surface area contributed by atoms with Gasteiger partial charge in [-0.15, -0.1) is 0 Å². The lowest BCUT2D eigenvalue weighted by Gasteiger charge is -2.27. The van der Waals surface area contributed by atoms with Gasteiger partial charge in [-0.05, 0) is 25.0 Å². The number of rotatable bonds is 2. The van der Waals surface area contributed by atoms with Crippen molar-refractivity contribution in [2.24, 2.45) is 0 Å². The Bertz CT molecular complexity index is 506. The van der Waals surface area contributed by atoms with Gasteiger partial charge >= 0.3 is 12.0 Å². The maximum Gasteiger partial charge on any atom is 0.326 e. The summed E-state index contributed by atoms with van der Waals surface area (Å²) in [5.41, 5.74) is 0.142. The van der Waals surface area contributed by atoms with Gasteiger partial charge in [-0.2, -0.15) is 0 Å². The number of hydrogen-bond donors (Lipinski definition) is 1. The van der Waals surface area contributed by atoms with E-state index in [-0.39, 0.29) is 5.69 Å². The van der Waals surface area contributed by atoms with Crippen LogP contribution in [0.2, 0.25) is 0 Å². The topological polar surface area (TPSA) is 60.9 Å². The molecule has 1 aliphatic heterocycles. The molecule has 0 aromatic heterocycles. The van der Waals surface area contributed by atoms with E-state index in [1.54, 1.807) is 6.07 Å². The summed E-state index contributed by atoms with van der Waals surface area (Å²) in [5, 5.41) is 9.05. The molecular formula is C13H15FN2O3. The summed E-state index contributed by atoms with van der Waals surface area (Å²) >= 11 is 0. The van der Waals surface area contributed by atoms with Crippen LogP contribution in [0.5, 0.6) is 0 Å². The lowest BCUT2D eigenvalue weighted by Crippen LogP contribution is -2.47. The van der Waals surface area contributed by atoms with Gasteiger partial charge in [0.15, 0.2) is 0 Å². The fourth-order valence-electron chi connectivity index (χ4n) is 2.27. The fourth-order valence-corrected chi connectivity index (χ4v) is 2.27. The van der Waals surface area contributed by atoms with Gasteiger partial charge in [0, 0.05) is 13.6 Å². The summed E-state index contributed by atoms with van der Waals surface area (Å²) in [6, 6.07) is 4.60. The van der Waals surface area contributed by atoms with Crippen LogP contribution < -0.4 is 4.90 Å². The van der Waals surface area contributed by atoms with Crippen molar-refractivity contribution in [3.63, 3.8) is 0 Å². The molecule has 19 heavy (non-hydrogen) atoms. The van der Waals surface area contributed by atoms with Gasteiger partial charge in [0.05, 0.1) is 5.69 Å². The maximum absolute atomic E-state index is 13.6. The monoisotopic (exact) mass is 266 g/mol. The van der Waals surface area contributed by atoms with Crippen LogP contribution >= 0.6 is 0 Å². The van der Waals surface area contributed by atoms with E-state index in [0.717, 1.165) is 4.90 Å². The minimum atomic E-state index is -1.02. The van der Waals surface area contributed by atoms with Crippen LogP contribution in [0.4, 0.5) is 14.9 Å². The minimum Gasteiger partial charge on any atom is -0.480 e. The van der Waals surface area contributed by atoms with E-state index in [9.17, 15) is 14.0 Å². The molecule has 6 heteroatoms. The average molecular weight is 266 g/mol. The smallest absolute Gasteiger partial charge is 0.326 e. The second-order valence-corrected chi connectivity index (χ2v) is 4.48. The van der Waals surface area contributed by atoms with Crippen LogP contribution in [0.1, 0.15) is 12.8 Å². The van der Waals surface area contributed by atoms with Crippen LogP contribution in [-0.4, -0.2) is 41.6 Å². The summed E-state index contributed by atoms with van der Waals surface area (Å²) in [6.07, 6.45) is 1.08. The highest BCUT2D eigenvalue weighted by Gasteiger charge is 2.36. The van der Waals surface area contributed by atoms with Crippen LogP contribution in [0.25, 0.3) is 0 Å². The quantitative estimate of drug-likeness (QED) is 0.889. The molecule has 0 aliphatic carbocycles. The lowest BCUT2D eigenvalue weighted by molar-refractivity contribution is -0.141. The molecule has 1 heterocycles. The standard InChI is InChI=1S/C13H15FN2O3/c1-15(10-6-3-2-5-9(10)14)13(19)16-8-4-7-11(16)12(17)18/h2-3,5-6,11H,4,7-8H2,1H3,(H,17,18). The van der Waals surface area contributed by atoms with E-state index in [0.29, 0.717) is 19.4 Å². The zero-order valence-corrected chi connectivity index (χ0v) is 10.5. The normalized spacial score (nSPS) is 18.4. The molecule has 1 N–H and O–H groups in total. The third-order valence-electron chi connectivity index (χ3n) is 3.28. The Balaban J connectivity index is 2.20. The largest absolute Gasteiger partial charge is 0.480 e. The van der Waals surface area contributed by atoms with Gasteiger partial charge in [-0.25, -0.2) is 14.0 Å². The Hall–Kier alpha value is -2.11. The lowest BCUT2D eigenvalue weighted by atomic mass is 10.2. The number of hydrogen-bond acceptors (Lipinski definition) is 2. The predicted molar refractivity (Wildman–Crippen MR) is 67.6 cm³/mol. The minimum absolute atomic E-state index is 0.142. The summed E-state index contributed by atoms with van der Waals surface area (Å²) in [5.74, 6) is -1.53. The van der Waals surface area contributed by atoms with Crippen molar-refractivity contribution in [3.05, 3.63) is 30.1 Å². The van der Waals surface area contributed by atoms with Gasteiger partial charge in [0.25, 0.3) is 0 Å². The van der Waals surface area contributed by atoms with Crippen LogP contribution in [0.3, 0.4) is 0 Å². The van der Waals surface area contributed by atoms with Crippen molar-refractivity contribution in [2.45, 2.75) is 18.9 Å². The van der Waals surface area contributed by atoms with E-state index in [2.05, 4.69) is 0 Å². The van der Waals surface area contributed by atoms with E-state index in [1.165, 1.54) is 30.1 Å². The fraction of sp³-hybridized carbons (Fsp3) is 0.385. The highest BCUT2D eigenvalue weighted by Crippen LogP contribution is 2.23. The van der Waals surface area contributed by atoms with Crippen molar-refractivity contribution in [1.82, 2.24) is 4.90 Å². The molecule has 1 aliphatic rings. The first-order valence-corrected chi connectivity index (χ1v) is 6.04. The maximum atomic E-state index is 13.6. The summed E-state index contributed by atoms with van der Waals surface area (Å²) in [4.78, 5) is 25.7. The summed E-state index contributed by atoms with van der Waals surface area (Å²) in [7, 11) is 1.44. The molecule has 0 spiro atoms. The molecule has 0 saturated carbocycles. The van der Waals surface area contributed by atoms with Crippen LogP contribution in [-0.2, 0) is 4.79 Å². The Morgan fingerprint density at radius 2 is 2.11 bits per heavy atom. The number of carboxylic acid groups (broad SMARTS) is 1. The van der Waals surface area contributed by atoms with E-state index in [1.807, 2.05) is 0 Å². The number of carboxylic acids is 1. The first-order chi connectivity index (χ1) is 9.02. The van der Waals surface area contributed by atoms with Crippen molar-refractivity contribution in [2.75, 3.05) is 18.5 Å². The van der Waals surface area contributed by atoms with Gasteiger partial charge in [-0.1, -0.05) is 12.1 Å². The third kappa shape index (κ3) is 2.52. The molecule has 1 saturated heterocycles. The second-order valence-electron chi connectivity index (χ2n) is 4.48. The number of carbonyl (C=O) groups is 2. The average Bonchev–Trinajstić information content (AvgIpc) is 2.87. The molecule has 1 unspecified atom stereocenters. The summed E-state index contributed by atoms with van der Waals surface area (Å²) < 4.78 is 13.6. The molecule has 0 radical (unpaired) electrons. The van der Waals surface area contributed by atoms with Gasteiger partial charge in [-0.3, -0.25) is 4.90 Å². The molecule has 1 fully saturated rings. The van der Waals surface area contributed by atoms with Crippen molar-refractivity contribution in [1.29, 1.82) is 0 Å². The molecule has 1 aromatic carbocycles. The second kappa shape index (κ2) is 5.26. The Labute approximate surface area is 110 Å². The number of nitrogens with zero attached hydrogens (tertiary/aromatic N) is 2. The molecule has 2 rings (SSSR count). The Morgan fingerprint density at radius 3 is 2.74 bits per heavy atom. The number of halogens is 1. The molecule has 5 nitrogen and oxygen atoms in total. The number of amides is 2. The number of benzene rings is 1. The number of para-hydroxylation sites is 1. The SMILES string of the molecule is CN(C(=O)N1CCCC1C(=O)O)c1ccccc1F. The van der Waals surface area contributed by atoms with E-state index < -0.39 is 23.9 Å². The Kier molecular flexibility index (Phi) is 3.69. The van der Waals surface area contributed by atoms with Crippen molar-refractivity contribution in [3.8, 4) is 0 Å². The van der Waals surface area contributed by atoms with Gasteiger partial charge < -0.3 is 10.0 Å². The van der Waals surface area contributed by atoms with Crippen LogP contribution in [0, 0.1) is 5.82 Å². The molecule has 1 aromatic rings. The molecule has 2 amide bonds. The first kappa shape index (κ1) is 13.3. The van der Waals surface area contributed by atoms with Gasteiger partial charge in [0.1, 0.15) is 11.9 Å². The number of aliphatic carboxylic acids is 1. The number of anilines is 1. The molecule has 1 atom stereocenters. The first-order valence-electron chi connectivity index (χ1n) is 6.04. The molecular weight excluding hydrogens is 251 g/mol. The molecule has 0 bridgehead atoms. The van der Waals surface area contributed by atoms with E-state index in [4.69, 9.17) is 5.11 Å². The predicted octanol–water partition coefficient (Wildman–Crippen LogP) is 1.93. The third-order valence-corrected chi connectivity index (χ3v) is 3.28. The summed E-state index contributed by atoms with van der Waals surface area (Å²) in [6.45, 7) is 0.384. The van der Waals surface area contributed by atoms with E-state index >= 15 is 0 Å².